The van der Waals surface area contributed by atoms with Gasteiger partial charge in [-0.2, -0.15) is 0 Å². The van der Waals surface area contributed by atoms with E-state index >= 15 is 0 Å². The van der Waals surface area contributed by atoms with E-state index in [1.54, 1.807) is 21.9 Å². The van der Waals surface area contributed by atoms with Gasteiger partial charge in [0.25, 0.3) is 5.91 Å². The average Bonchev–Trinajstić information content (AvgIpc) is 2.80. The molecule has 6 nitrogen and oxygen atoms in total. The van der Waals surface area contributed by atoms with E-state index in [1.165, 1.54) is 0 Å². The van der Waals surface area contributed by atoms with Gasteiger partial charge in [0.1, 0.15) is 5.60 Å². The number of benzene rings is 1. The fraction of sp³-hybridized carbons (Fsp3) is 0.600. The molecule has 0 saturated carbocycles. The monoisotopic (exact) mass is 360 g/mol. The van der Waals surface area contributed by atoms with Crippen LogP contribution in [0.2, 0.25) is 0 Å². The van der Waals surface area contributed by atoms with E-state index in [9.17, 15) is 14.7 Å². The first-order valence-electron chi connectivity index (χ1n) is 9.23. The lowest BCUT2D eigenvalue weighted by atomic mass is 9.86. The molecule has 2 heterocycles. The lowest BCUT2D eigenvalue weighted by molar-refractivity contribution is -0.0104. The molecule has 2 amide bonds. The number of amides is 2. The average molecular weight is 360 g/mol. The van der Waals surface area contributed by atoms with Gasteiger partial charge in [-0.05, 0) is 45.1 Å². The zero-order valence-corrected chi connectivity index (χ0v) is 15.9. The number of carbonyl (C=O) groups is 2. The normalized spacial score (nSPS) is 26.0. The number of likely N-dealkylation sites (tertiary alicyclic amines) is 1. The topological polar surface area (TPSA) is 70.1 Å². The van der Waals surface area contributed by atoms with Crippen LogP contribution < -0.4 is 0 Å². The van der Waals surface area contributed by atoms with Gasteiger partial charge in [-0.25, -0.2) is 4.79 Å². The van der Waals surface area contributed by atoms with Crippen molar-refractivity contribution in [2.45, 2.75) is 45.9 Å². The van der Waals surface area contributed by atoms with E-state index in [-0.39, 0.29) is 23.8 Å². The maximum atomic E-state index is 12.6. The Morgan fingerprint density at radius 1 is 1.31 bits per heavy atom. The van der Waals surface area contributed by atoms with Crippen molar-refractivity contribution in [1.29, 1.82) is 0 Å². The summed E-state index contributed by atoms with van der Waals surface area (Å²) in [7, 11) is 0. The maximum Gasteiger partial charge on any atom is 0.410 e. The highest BCUT2D eigenvalue weighted by Crippen LogP contribution is 2.34. The van der Waals surface area contributed by atoms with E-state index in [2.05, 4.69) is 6.92 Å². The number of aliphatic hydroxyl groups excluding tert-OH is 1. The molecule has 1 fully saturated rings. The summed E-state index contributed by atoms with van der Waals surface area (Å²) in [6.45, 7) is 9.37. The molecule has 0 bridgehead atoms. The number of aliphatic hydroxyl groups is 1. The first kappa shape index (κ1) is 18.7. The molecule has 3 rings (SSSR count). The predicted octanol–water partition coefficient (Wildman–Crippen LogP) is 3.03. The molecule has 1 unspecified atom stereocenters. The summed E-state index contributed by atoms with van der Waals surface area (Å²) in [4.78, 5) is 28.2. The predicted molar refractivity (Wildman–Crippen MR) is 97.5 cm³/mol. The summed E-state index contributed by atoms with van der Waals surface area (Å²) in [6.07, 6.45) is -0.380. The Labute approximate surface area is 154 Å². The standard InChI is InChI=1S/C20H28N2O4/c1-13-11-21(19(25)26-20(2,3)4)10-9-14(13)12-22-17(23)15-7-5-6-8-16(15)18(22)24/h5-8,13-14,17,23H,9-12H2,1-4H3/t13-,14-,17?/m1/s1. The largest absolute Gasteiger partial charge is 0.444 e. The van der Waals surface area contributed by atoms with Gasteiger partial charge in [0.15, 0.2) is 6.23 Å². The zero-order valence-electron chi connectivity index (χ0n) is 15.9. The Balaban J connectivity index is 1.61. The third-order valence-corrected chi connectivity index (χ3v) is 5.19. The van der Waals surface area contributed by atoms with Crippen molar-refractivity contribution in [1.82, 2.24) is 9.80 Å². The van der Waals surface area contributed by atoms with Crippen LogP contribution in [0.25, 0.3) is 0 Å². The highest BCUT2D eigenvalue weighted by Gasteiger charge is 2.39. The van der Waals surface area contributed by atoms with Crippen LogP contribution in [0.1, 0.15) is 56.3 Å². The Kier molecular flexibility index (Phi) is 4.97. The van der Waals surface area contributed by atoms with Crippen LogP contribution in [0.15, 0.2) is 24.3 Å². The van der Waals surface area contributed by atoms with Gasteiger partial charge in [-0.3, -0.25) is 4.79 Å². The number of ether oxygens (including phenoxy) is 1. The Hall–Kier alpha value is -2.08. The second-order valence-corrected chi connectivity index (χ2v) is 8.37. The molecule has 0 radical (unpaired) electrons. The number of fused-ring (bicyclic) bond motifs is 1. The number of nitrogens with zero attached hydrogens (tertiary/aromatic N) is 2. The molecule has 1 N–H and O–H groups in total. The fourth-order valence-electron chi connectivity index (χ4n) is 3.74. The van der Waals surface area contributed by atoms with Gasteiger partial charge >= 0.3 is 6.09 Å². The minimum atomic E-state index is -0.880. The molecule has 0 aliphatic carbocycles. The molecule has 0 aromatic heterocycles. The van der Waals surface area contributed by atoms with Crippen LogP contribution in [-0.2, 0) is 4.74 Å². The van der Waals surface area contributed by atoms with E-state index in [1.807, 2.05) is 32.9 Å². The summed E-state index contributed by atoms with van der Waals surface area (Å²) >= 11 is 0. The zero-order chi connectivity index (χ0) is 19.1. The van der Waals surface area contributed by atoms with Gasteiger partial charge in [-0.1, -0.05) is 25.1 Å². The third-order valence-electron chi connectivity index (χ3n) is 5.19. The van der Waals surface area contributed by atoms with Crippen molar-refractivity contribution in [3.8, 4) is 0 Å². The lowest BCUT2D eigenvalue weighted by Crippen LogP contribution is -2.48. The van der Waals surface area contributed by atoms with Crippen LogP contribution >= 0.6 is 0 Å². The molecular weight excluding hydrogens is 332 g/mol. The second kappa shape index (κ2) is 6.91. The van der Waals surface area contributed by atoms with Crippen molar-refractivity contribution < 1.29 is 19.4 Å². The smallest absolute Gasteiger partial charge is 0.410 e. The Bertz CT molecular complexity index is 697. The summed E-state index contributed by atoms with van der Waals surface area (Å²) in [6, 6.07) is 7.21. The molecule has 6 heteroatoms. The van der Waals surface area contributed by atoms with Crippen molar-refractivity contribution in [2.75, 3.05) is 19.6 Å². The Morgan fingerprint density at radius 2 is 2.00 bits per heavy atom. The molecule has 2 aliphatic rings. The quantitative estimate of drug-likeness (QED) is 0.880. The summed E-state index contributed by atoms with van der Waals surface area (Å²) < 4.78 is 5.45. The van der Waals surface area contributed by atoms with Crippen molar-refractivity contribution in [2.24, 2.45) is 11.8 Å². The number of carbonyl (C=O) groups excluding carboxylic acids is 2. The summed E-state index contributed by atoms with van der Waals surface area (Å²) in [5, 5.41) is 10.5. The molecule has 1 saturated heterocycles. The van der Waals surface area contributed by atoms with E-state index < -0.39 is 11.8 Å². The SMILES string of the molecule is C[C@@H]1CN(C(=O)OC(C)(C)C)CC[C@@H]1CN1C(=O)c2ccccc2C1O. The van der Waals surface area contributed by atoms with Gasteiger partial charge in [0, 0.05) is 30.8 Å². The molecule has 142 valence electrons. The first-order chi connectivity index (χ1) is 12.2. The molecule has 1 aromatic rings. The lowest BCUT2D eigenvalue weighted by Gasteiger charge is -2.39. The van der Waals surface area contributed by atoms with E-state index in [0.717, 1.165) is 6.42 Å². The van der Waals surface area contributed by atoms with Crippen molar-refractivity contribution >= 4 is 12.0 Å². The number of piperidine rings is 1. The Morgan fingerprint density at radius 3 is 2.62 bits per heavy atom. The third kappa shape index (κ3) is 3.70. The number of rotatable bonds is 2. The first-order valence-corrected chi connectivity index (χ1v) is 9.23. The molecular formula is C20H28N2O4. The van der Waals surface area contributed by atoms with Gasteiger partial charge in [0.05, 0.1) is 0 Å². The van der Waals surface area contributed by atoms with Crippen LogP contribution in [0.4, 0.5) is 4.79 Å². The highest BCUT2D eigenvalue weighted by atomic mass is 16.6. The molecule has 0 spiro atoms. The van der Waals surface area contributed by atoms with Crippen LogP contribution in [0.3, 0.4) is 0 Å². The van der Waals surface area contributed by atoms with Crippen molar-refractivity contribution in [3.63, 3.8) is 0 Å². The van der Waals surface area contributed by atoms with Crippen LogP contribution in [0.5, 0.6) is 0 Å². The molecule has 26 heavy (non-hydrogen) atoms. The highest BCUT2D eigenvalue weighted by molar-refractivity contribution is 5.98. The number of hydrogen-bond acceptors (Lipinski definition) is 4. The van der Waals surface area contributed by atoms with Gasteiger partial charge in [-0.15, -0.1) is 0 Å². The fourth-order valence-corrected chi connectivity index (χ4v) is 3.74. The molecule has 2 aliphatic heterocycles. The second-order valence-electron chi connectivity index (χ2n) is 8.37. The van der Waals surface area contributed by atoms with Crippen LogP contribution in [-0.4, -0.2) is 52.1 Å². The maximum absolute atomic E-state index is 12.6. The van der Waals surface area contributed by atoms with E-state index in [4.69, 9.17) is 4.74 Å². The summed E-state index contributed by atoms with van der Waals surface area (Å²) in [5.41, 5.74) is 0.754. The van der Waals surface area contributed by atoms with Crippen molar-refractivity contribution in [3.05, 3.63) is 35.4 Å². The minimum Gasteiger partial charge on any atom is -0.444 e. The molecule has 3 atom stereocenters. The van der Waals surface area contributed by atoms with E-state index in [0.29, 0.717) is 30.8 Å². The minimum absolute atomic E-state index is 0.116. The summed E-state index contributed by atoms with van der Waals surface area (Å²) in [5.74, 6) is 0.344. The van der Waals surface area contributed by atoms with Gasteiger partial charge < -0.3 is 19.6 Å². The molecule has 1 aromatic carbocycles. The van der Waals surface area contributed by atoms with Crippen LogP contribution in [0, 0.1) is 11.8 Å². The number of hydrogen-bond donors (Lipinski definition) is 1. The van der Waals surface area contributed by atoms with Gasteiger partial charge in [0.2, 0.25) is 0 Å².